The summed E-state index contributed by atoms with van der Waals surface area (Å²) in [6, 6.07) is 7.25. The van der Waals surface area contributed by atoms with Crippen LogP contribution in [0.2, 0.25) is 0 Å². The lowest BCUT2D eigenvalue weighted by molar-refractivity contribution is 0.0910. The molecular formula is C16H26FN3. The summed E-state index contributed by atoms with van der Waals surface area (Å²) >= 11 is 0. The van der Waals surface area contributed by atoms with Crippen molar-refractivity contribution in [2.75, 3.05) is 33.2 Å². The Bertz CT molecular complexity index is 424. The molecule has 0 aromatic heterocycles. The maximum Gasteiger partial charge on any atom is 0.127 e. The average Bonchev–Trinajstić information content (AvgIpc) is 2.46. The van der Waals surface area contributed by atoms with Crippen LogP contribution in [0.1, 0.15) is 31.4 Å². The predicted octanol–water partition coefficient (Wildman–Crippen LogP) is 2.24. The Labute approximate surface area is 121 Å². The summed E-state index contributed by atoms with van der Waals surface area (Å²) in [6.45, 7) is 6.46. The molecule has 1 saturated heterocycles. The van der Waals surface area contributed by atoms with E-state index in [-0.39, 0.29) is 11.9 Å². The number of nitrogens with zero attached hydrogens (tertiary/aromatic N) is 2. The fraction of sp³-hybridized carbons (Fsp3) is 0.625. The van der Waals surface area contributed by atoms with E-state index in [9.17, 15) is 4.39 Å². The summed E-state index contributed by atoms with van der Waals surface area (Å²) in [5.74, 6) is -0.190. The number of piperazine rings is 1. The van der Waals surface area contributed by atoms with Gasteiger partial charge in [0.1, 0.15) is 5.82 Å². The van der Waals surface area contributed by atoms with E-state index in [0.29, 0.717) is 11.6 Å². The summed E-state index contributed by atoms with van der Waals surface area (Å²) in [5, 5.41) is 0. The second-order valence-corrected chi connectivity index (χ2v) is 5.76. The van der Waals surface area contributed by atoms with E-state index in [1.807, 2.05) is 6.07 Å². The molecular weight excluding hydrogens is 253 g/mol. The van der Waals surface area contributed by atoms with Crippen molar-refractivity contribution in [3.63, 3.8) is 0 Å². The molecule has 0 bridgehead atoms. The van der Waals surface area contributed by atoms with Gasteiger partial charge in [0.05, 0.1) is 0 Å². The first-order valence-electron chi connectivity index (χ1n) is 7.54. The van der Waals surface area contributed by atoms with E-state index in [1.165, 1.54) is 12.5 Å². The van der Waals surface area contributed by atoms with Gasteiger partial charge in [0.25, 0.3) is 0 Å². The molecule has 2 atom stereocenters. The molecule has 112 valence electrons. The van der Waals surface area contributed by atoms with Crippen LogP contribution in [0, 0.1) is 5.82 Å². The molecule has 2 N–H and O–H groups in total. The topological polar surface area (TPSA) is 32.5 Å². The third kappa shape index (κ3) is 3.78. The van der Waals surface area contributed by atoms with Crippen molar-refractivity contribution in [2.24, 2.45) is 5.73 Å². The molecule has 1 heterocycles. The number of rotatable bonds is 5. The highest BCUT2D eigenvalue weighted by molar-refractivity contribution is 5.20. The minimum atomic E-state index is -0.212. The summed E-state index contributed by atoms with van der Waals surface area (Å²) in [6.07, 6.45) is 1.98. The molecule has 0 amide bonds. The first kappa shape index (κ1) is 15.4. The molecule has 3 nitrogen and oxygen atoms in total. The molecule has 2 rings (SSSR count). The fourth-order valence-electron chi connectivity index (χ4n) is 2.91. The number of halogens is 1. The maximum atomic E-state index is 13.7. The Morgan fingerprint density at radius 2 is 2.10 bits per heavy atom. The van der Waals surface area contributed by atoms with E-state index in [1.54, 1.807) is 12.1 Å². The van der Waals surface area contributed by atoms with Crippen LogP contribution < -0.4 is 5.73 Å². The highest BCUT2D eigenvalue weighted by Gasteiger charge is 2.23. The van der Waals surface area contributed by atoms with Gasteiger partial charge in [-0.2, -0.15) is 0 Å². The van der Waals surface area contributed by atoms with Gasteiger partial charge in [-0.05, 0) is 26.0 Å². The lowest BCUT2D eigenvalue weighted by atomic mass is 10.0. The van der Waals surface area contributed by atoms with Crippen molar-refractivity contribution in [1.29, 1.82) is 0 Å². The molecule has 1 fully saturated rings. The standard InChI is InChI=1S/C16H26FN3/c1-3-13-12-20(11-10-19(13)2)9-8-16(18)14-6-4-5-7-15(14)17/h4-7,13,16H,3,8-12,18H2,1-2H3. The van der Waals surface area contributed by atoms with Gasteiger partial charge >= 0.3 is 0 Å². The Kier molecular flexibility index (Phi) is 5.52. The molecule has 1 aliphatic heterocycles. The van der Waals surface area contributed by atoms with Crippen molar-refractivity contribution >= 4 is 0 Å². The molecule has 0 spiro atoms. The van der Waals surface area contributed by atoms with Gasteiger partial charge in [-0.3, -0.25) is 0 Å². The number of hydrogen-bond acceptors (Lipinski definition) is 3. The highest BCUT2D eigenvalue weighted by Crippen LogP contribution is 2.19. The monoisotopic (exact) mass is 279 g/mol. The molecule has 1 aliphatic rings. The minimum Gasteiger partial charge on any atom is -0.324 e. The SMILES string of the molecule is CCC1CN(CCC(N)c2ccccc2F)CCN1C. The number of hydrogen-bond donors (Lipinski definition) is 1. The van der Waals surface area contributed by atoms with E-state index in [2.05, 4.69) is 23.8 Å². The minimum absolute atomic E-state index is 0.190. The van der Waals surface area contributed by atoms with Crippen LogP contribution in [0.15, 0.2) is 24.3 Å². The van der Waals surface area contributed by atoms with Crippen LogP contribution in [0.4, 0.5) is 4.39 Å². The van der Waals surface area contributed by atoms with E-state index >= 15 is 0 Å². The molecule has 0 radical (unpaired) electrons. The van der Waals surface area contributed by atoms with Crippen LogP contribution in [0.5, 0.6) is 0 Å². The lowest BCUT2D eigenvalue weighted by Crippen LogP contribution is -2.51. The fourth-order valence-corrected chi connectivity index (χ4v) is 2.91. The van der Waals surface area contributed by atoms with Gasteiger partial charge in [-0.25, -0.2) is 4.39 Å². The van der Waals surface area contributed by atoms with Crippen LogP contribution >= 0.6 is 0 Å². The van der Waals surface area contributed by atoms with Gasteiger partial charge in [0, 0.05) is 43.8 Å². The molecule has 1 aromatic carbocycles. The first-order chi connectivity index (χ1) is 9.61. The van der Waals surface area contributed by atoms with Crippen LogP contribution in [0.3, 0.4) is 0 Å². The molecule has 2 unspecified atom stereocenters. The zero-order valence-electron chi connectivity index (χ0n) is 12.6. The largest absolute Gasteiger partial charge is 0.324 e. The van der Waals surface area contributed by atoms with Crippen molar-refractivity contribution in [1.82, 2.24) is 9.80 Å². The highest BCUT2D eigenvalue weighted by atomic mass is 19.1. The van der Waals surface area contributed by atoms with Gasteiger partial charge in [-0.15, -0.1) is 0 Å². The van der Waals surface area contributed by atoms with Crippen LogP contribution in [0.25, 0.3) is 0 Å². The molecule has 0 saturated carbocycles. The van der Waals surface area contributed by atoms with Gasteiger partial charge in [0.15, 0.2) is 0 Å². The maximum absolute atomic E-state index is 13.7. The number of benzene rings is 1. The quantitative estimate of drug-likeness (QED) is 0.897. The Morgan fingerprint density at radius 3 is 2.80 bits per heavy atom. The van der Waals surface area contributed by atoms with Crippen molar-refractivity contribution in [2.45, 2.75) is 31.8 Å². The Hall–Kier alpha value is -0.970. The van der Waals surface area contributed by atoms with Crippen molar-refractivity contribution in [3.05, 3.63) is 35.6 Å². The summed E-state index contributed by atoms with van der Waals surface area (Å²) in [5.41, 5.74) is 6.76. The van der Waals surface area contributed by atoms with E-state index in [0.717, 1.165) is 32.6 Å². The van der Waals surface area contributed by atoms with Crippen molar-refractivity contribution in [3.8, 4) is 0 Å². The second kappa shape index (κ2) is 7.16. The van der Waals surface area contributed by atoms with Gasteiger partial charge in [-0.1, -0.05) is 25.1 Å². The zero-order chi connectivity index (χ0) is 14.5. The molecule has 0 aliphatic carbocycles. The third-order valence-corrected chi connectivity index (χ3v) is 4.39. The predicted molar refractivity (Wildman–Crippen MR) is 81.1 cm³/mol. The van der Waals surface area contributed by atoms with E-state index in [4.69, 9.17) is 5.73 Å². The summed E-state index contributed by atoms with van der Waals surface area (Å²) < 4.78 is 13.7. The number of likely N-dealkylation sites (N-methyl/N-ethyl adjacent to an activating group) is 1. The molecule has 20 heavy (non-hydrogen) atoms. The third-order valence-electron chi connectivity index (χ3n) is 4.39. The molecule has 1 aromatic rings. The summed E-state index contributed by atoms with van der Waals surface area (Å²) in [4.78, 5) is 4.88. The summed E-state index contributed by atoms with van der Waals surface area (Å²) in [7, 11) is 2.19. The van der Waals surface area contributed by atoms with Crippen molar-refractivity contribution < 1.29 is 4.39 Å². The lowest BCUT2D eigenvalue weighted by Gasteiger charge is -2.39. The normalized spacial score (nSPS) is 22.9. The average molecular weight is 279 g/mol. The van der Waals surface area contributed by atoms with Crippen LogP contribution in [-0.4, -0.2) is 49.1 Å². The first-order valence-corrected chi connectivity index (χ1v) is 7.54. The Morgan fingerprint density at radius 1 is 1.35 bits per heavy atom. The van der Waals surface area contributed by atoms with E-state index < -0.39 is 0 Å². The Balaban J connectivity index is 1.85. The van der Waals surface area contributed by atoms with Gasteiger partial charge < -0.3 is 15.5 Å². The smallest absolute Gasteiger partial charge is 0.127 e. The molecule has 4 heteroatoms. The zero-order valence-corrected chi connectivity index (χ0v) is 12.6. The second-order valence-electron chi connectivity index (χ2n) is 5.76. The number of nitrogens with two attached hydrogens (primary N) is 1. The van der Waals surface area contributed by atoms with Crippen LogP contribution in [-0.2, 0) is 0 Å². The van der Waals surface area contributed by atoms with Gasteiger partial charge in [0.2, 0.25) is 0 Å².